The molecule has 2 aliphatic heterocycles. The Labute approximate surface area is 271 Å². The van der Waals surface area contributed by atoms with Gasteiger partial charge in [0, 0.05) is 55.7 Å². The largest absolute Gasteiger partial charge is 0.344 e. The molecule has 41 heavy (non-hydrogen) atoms. The molecule has 2 aromatic rings. The summed E-state index contributed by atoms with van der Waals surface area (Å²) < 4.78 is 2.98. The number of carbonyl (C=O) groups is 1. The first-order valence-corrected chi connectivity index (χ1v) is 16.2. The molecule has 3 heterocycles. The zero-order valence-electron chi connectivity index (χ0n) is 23.6. The summed E-state index contributed by atoms with van der Waals surface area (Å²) in [7, 11) is 2.11. The fraction of sp³-hybridized carbons (Fsp3) is 0.548. The molecular formula is C31H41Cl3N4OS2. The third-order valence-electron chi connectivity index (χ3n) is 9.26. The molecule has 1 aromatic carbocycles. The van der Waals surface area contributed by atoms with Gasteiger partial charge >= 0.3 is 0 Å². The van der Waals surface area contributed by atoms with Gasteiger partial charge < -0.3 is 14.8 Å². The Bertz CT molecular complexity index is 1260. The highest BCUT2D eigenvalue weighted by Crippen LogP contribution is 2.49. The van der Waals surface area contributed by atoms with Crippen molar-refractivity contribution in [1.82, 2.24) is 19.7 Å². The van der Waals surface area contributed by atoms with Crippen LogP contribution in [0.25, 0.3) is 17.3 Å². The number of nitrogens with one attached hydrogen (secondary N) is 1. The molecule has 1 aromatic heterocycles. The van der Waals surface area contributed by atoms with Gasteiger partial charge in [0.2, 0.25) is 0 Å². The number of benzene rings is 1. The molecule has 2 aliphatic carbocycles. The van der Waals surface area contributed by atoms with Gasteiger partial charge in [0.1, 0.15) is 4.32 Å². The van der Waals surface area contributed by atoms with Gasteiger partial charge in [-0.25, -0.2) is 0 Å². The number of hydrogen-bond acceptors (Lipinski definition) is 5. The number of aromatic nitrogens is 1. The Morgan fingerprint density at radius 3 is 2.51 bits per heavy atom. The van der Waals surface area contributed by atoms with Crippen LogP contribution in [0.3, 0.4) is 0 Å². The Morgan fingerprint density at radius 2 is 1.83 bits per heavy atom. The minimum Gasteiger partial charge on any atom is -0.344 e. The smallest absolute Gasteiger partial charge is 0.266 e. The minimum atomic E-state index is 0. The predicted molar refractivity (Wildman–Crippen MR) is 181 cm³/mol. The van der Waals surface area contributed by atoms with Crippen LogP contribution in [0, 0.1) is 11.8 Å². The minimum absolute atomic E-state index is 0. The summed E-state index contributed by atoms with van der Waals surface area (Å²) >= 11 is 13.4. The monoisotopic (exact) mass is 654 g/mol. The van der Waals surface area contributed by atoms with Crippen LogP contribution in [0.5, 0.6) is 0 Å². The topological polar surface area (TPSA) is 40.5 Å². The van der Waals surface area contributed by atoms with Crippen molar-refractivity contribution in [3.8, 4) is 11.3 Å². The van der Waals surface area contributed by atoms with Crippen molar-refractivity contribution in [2.24, 2.45) is 18.9 Å². The van der Waals surface area contributed by atoms with E-state index in [0.29, 0.717) is 12.0 Å². The lowest BCUT2D eigenvalue weighted by Crippen LogP contribution is -2.43. The van der Waals surface area contributed by atoms with E-state index in [1.165, 1.54) is 56.0 Å². The molecule has 2 saturated carbocycles. The van der Waals surface area contributed by atoms with E-state index in [1.807, 2.05) is 17.0 Å². The summed E-state index contributed by atoms with van der Waals surface area (Å²) in [4.78, 5) is 19.0. The number of nitrogens with zero attached hydrogens (tertiary/aromatic N) is 3. The first kappa shape index (κ1) is 32.8. The Hall–Kier alpha value is -1.06. The van der Waals surface area contributed by atoms with Crippen molar-refractivity contribution in [3.63, 3.8) is 0 Å². The number of thioether (sulfide) groups is 1. The number of fused-ring (bicyclic) bond motifs is 2. The van der Waals surface area contributed by atoms with Crippen molar-refractivity contribution in [2.45, 2.75) is 57.4 Å². The van der Waals surface area contributed by atoms with Gasteiger partial charge in [0.05, 0.1) is 4.91 Å². The first-order chi connectivity index (χ1) is 19.0. The molecule has 4 aliphatic rings. The van der Waals surface area contributed by atoms with E-state index in [2.05, 4.69) is 46.1 Å². The fourth-order valence-electron chi connectivity index (χ4n) is 7.15. The van der Waals surface area contributed by atoms with E-state index in [4.69, 9.17) is 23.8 Å². The lowest BCUT2D eigenvalue weighted by Gasteiger charge is -2.30. The number of piperazine rings is 1. The Kier molecular flexibility index (Phi) is 11.7. The number of unbranched alkanes of at least 4 members (excludes halogenated alkanes) is 2. The van der Waals surface area contributed by atoms with Crippen molar-refractivity contribution >= 4 is 76.7 Å². The molecule has 4 fully saturated rings. The molecule has 10 heteroatoms. The van der Waals surface area contributed by atoms with Gasteiger partial charge in [0.25, 0.3) is 5.91 Å². The third kappa shape index (κ3) is 7.19. The van der Waals surface area contributed by atoms with Gasteiger partial charge in [-0.1, -0.05) is 60.6 Å². The number of rotatable bonds is 9. The van der Waals surface area contributed by atoms with E-state index in [9.17, 15) is 4.79 Å². The van der Waals surface area contributed by atoms with E-state index >= 15 is 0 Å². The maximum Gasteiger partial charge on any atom is 0.266 e. The van der Waals surface area contributed by atoms with Gasteiger partial charge in [-0.05, 0) is 92.3 Å². The highest BCUT2D eigenvalue weighted by Gasteiger charge is 2.48. The fourth-order valence-corrected chi connectivity index (χ4v) is 8.62. The summed E-state index contributed by atoms with van der Waals surface area (Å²) in [6, 6.07) is 10.7. The third-order valence-corrected chi connectivity index (χ3v) is 10.8. The lowest BCUT2D eigenvalue weighted by atomic mass is 9.94. The maximum atomic E-state index is 13.7. The van der Waals surface area contributed by atoms with Gasteiger partial charge in [-0.2, -0.15) is 0 Å². The van der Waals surface area contributed by atoms with E-state index in [1.54, 1.807) is 0 Å². The number of aryl methyl sites for hydroxylation is 1. The summed E-state index contributed by atoms with van der Waals surface area (Å²) in [6.45, 7) is 5.72. The molecule has 2 bridgehead atoms. The lowest BCUT2D eigenvalue weighted by molar-refractivity contribution is -0.124. The number of halogens is 3. The molecule has 1 amide bonds. The van der Waals surface area contributed by atoms with Gasteiger partial charge in [-0.3, -0.25) is 9.69 Å². The van der Waals surface area contributed by atoms with Gasteiger partial charge in [0.15, 0.2) is 0 Å². The molecule has 5 nitrogen and oxygen atoms in total. The van der Waals surface area contributed by atoms with Crippen molar-refractivity contribution in [2.75, 3.05) is 32.7 Å². The Morgan fingerprint density at radius 1 is 1.07 bits per heavy atom. The van der Waals surface area contributed by atoms with E-state index < -0.39 is 0 Å². The molecule has 0 radical (unpaired) electrons. The van der Waals surface area contributed by atoms with Crippen LogP contribution in [0.2, 0.25) is 5.02 Å². The zero-order valence-corrected chi connectivity index (χ0v) is 27.7. The van der Waals surface area contributed by atoms with Crippen molar-refractivity contribution in [1.29, 1.82) is 0 Å². The Balaban J connectivity index is 0.00000194. The normalized spacial score (nSPS) is 25.2. The predicted octanol–water partition coefficient (Wildman–Crippen LogP) is 7.20. The number of hydrogen-bond donors (Lipinski definition) is 1. The van der Waals surface area contributed by atoms with Crippen molar-refractivity contribution < 1.29 is 4.79 Å². The van der Waals surface area contributed by atoms with Crippen LogP contribution < -0.4 is 5.32 Å². The van der Waals surface area contributed by atoms with Crippen molar-refractivity contribution in [3.05, 3.63) is 51.5 Å². The van der Waals surface area contributed by atoms with Crippen LogP contribution >= 0.6 is 60.4 Å². The number of carbonyl (C=O) groups excluding carboxylic acids is 1. The summed E-state index contributed by atoms with van der Waals surface area (Å²) in [6.07, 6.45) is 11.6. The van der Waals surface area contributed by atoms with E-state index in [0.717, 1.165) is 82.6 Å². The highest BCUT2D eigenvalue weighted by molar-refractivity contribution is 8.26. The average molecular weight is 656 g/mol. The quantitative estimate of drug-likeness (QED) is 0.176. The SMILES string of the molecule is Cl.Cl.Cn1c(-c2ccc(Cl)cc2)cc(CCCCCN2CCNCC2)c1C=C1SC(=S)N(C2CC3CCC2C3)C1=O. The summed E-state index contributed by atoms with van der Waals surface area (Å²) in [5.74, 6) is 1.51. The average Bonchev–Trinajstić information content (AvgIpc) is 3.70. The number of thiocarbonyl (C=S) groups is 1. The molecule has 1 N–H and O–H groups in total. The summed E-state index contributed by atoms with van der Waals surface area (Å²) in [5.41, 5.74) is 4.71. The maximum absolute atomic E-state index is 13.7. The highest BCUT2D eigenvalue weighted by atomic mass is 35.5. The molecule has 3 atom stereocenters. The molecule has 0 spiro atoms. The van der Waals surface area contributed by atoms with Crippen LogP contribution in [0.4, 0.5) is 0 Å². The molecular weight excluding hydrogens is 615 g/mol. The van der Waals surface area contributed by atoms with Crippen LogP contribution in [0.1, 0.15) is 56.2 Å². The van der Waals surface area contributed by atoms with Crippen LogP contribution in [0.15, 0.2) is 35.2 Å². The zero-order chi connectivity index (χ0) is 26.9. The molecule has 2 saturated heterocycles. The van der Waals surface area contributed by atoms with Gasteiger partial charge in [-0.15, -0.1) is 24.8 Å². The van der Waals surface area contributed by atoms with Crippen LogP contribution in [-0.2, 0) is 18.3 Å². The second kappa shape index (κ2) is 14.6. The second-order valence-electron chi connectivity index (χ2n) is 11.7. The first-order valence-electron chi connectivity index (χ1n) is 14.6. The molecule has 224 valence electrons. The second-order valence-corrected chi connectivity index (χ2v) is 13.8. The molecule has 6 rings (SSSR count). The molecule has 3 unspecified atom stereocenters. The van der Waals surface area contributed by atoms with E-state index in [-0.39, 0.29) is 30.7 Å². The summed E-state index contributed by atoms with van der Waals surface area (Å²) in [5, 5.41) is 4.17. The van der Waals surface area contributed by atoms with Crippen LogP contribution in [-0.4, -0.2) is 63.4 Å². The number of amides is 1. The standard InChI is InChI=1S/C31H39ClN4OS2.2ClH/c1-34-26(22-8-10-25(32)11-9-22)19-23(5-3-2-4-14-35-15-12-33-13-16-35)27(34)20-29-30(37)36(31(38)39-29)28-18-21-6-7-24(28)17-21;;/h8-11,19-21,24,28,33H,2-7,12-18H2,1H3;2*1H.